The lowest BCUT2D eigenvalue weighted by Crippen LogP contribution is -3.00. The van der Waals surface area contributed by atoms with Crippen LogP contribution in [0.25, 0.3) is 0 Å². The van der Waals surface area contributed by atoms with Gasteiger partial charge in [0.05, 0.1) is 52.3 Å². The van der Waals surface area contributed by atoms with Gasteiger partial charge in [0.1, 0.15) is 23.0 Å². The molecule has 1 fully saturated rings. The van der Waals surface area contributed by atoms with Gasteiger partial charge in [0, 0.05) is 25.2 Å². The van der Waals surface area contributed by atoms with Crippen molar-refractivity contribution in [1.29, 1.82) is 0 Å². The van der Waals surface area contributed by atoms with Gasteiger partial charge in [0.25, 0.3) is 5.91 Å². The van der Waals surface area contributed by atoms with Crippen molar-refractivity contribution >= 4 is 23.2 Å². The number of piperazine rings is 1. The number of benzene rings is 2. The van der Waals surface area contributed by atoms with E-state index in [9.17, 15) is 19.8 Å². The summed E-state index contributed by atoms with van der Waals surface area (Å²) in [5, 5.41) is 25.4. The first kappa shape index (κ1) is 27.0. The maximum Gasteiger partial charge on any atom is 0.279 e. The standard InChI is InChI=1S/C23H30N4O6.ClH/c1-27(15-23(31)25-19-13-17(33-3)5-7-21(19)29)10-8-26(9-11-27)14-22(30)24-18-12-16(32-2)4-6-20(18)28;/h4-7,12-13H,8-11,14-15H2,1-3H3,(H3-,24,25,28,29,30,31);1H. The molecule has 0 unspecified atom stereocenters. The first-order chi connectivity index (χ1) is 15.7. The molecule has 1 aliphatic rings. The molecule has 2 aromatic carbocycles. The van der Waals surface area contributed by atoms with E-state index in [1.807, 2.05) is 11.9 Å². The average Bonchev–Trinajstić information content (AvgIpc) is 2.78. The Morgan fingerprint density at radius 2 is 1.38 bits per heavy atom. The summed E-state index contributed by atoms with van der Waals surface area (Å²) in [5.74, 6) is 0.582. The number of nitrogens with zero attached hydrogens (tertiary/aromatic N) is 2. The van der Waals surface area contributed by atoms with E-state index in [0.29, 0.717) is 53.5 Å². The maximum absolute atomic E-state index is 12.6. The lowest BCUT2D eigenvalue weighted by atomic mass is 10.2. The Balaban J connectivity index is 0.00000408. The number of ether oxygens (including phenoxy) is 2. The van der Waals surface area contributed by atoms with Gasteiger partial charge in [-0.05, 0) is 24.3 Å². The number of amides is 2. The number of halogens is 1. The zero-order valence-electron chi connectivity index (χ0n) is 19.5. The van der Waals surface area contributed by atoms with Crippen LogP contribution in [0.2, 0.25) is 0 Å². The Labute approximate surface area is 205 Å². The van der Waals surface area contributed by atoms with Crippen molar-refractivity contribution in [2.45, 2.75) is 0 Å². The highest BCUT2D eigenvalue weighted by molar-refractivity contribution is 5.94. The number of nitrogens with one attached hydrogen (secondary N) is 2. The van der Waals surface area contributed by atoms with Crippen molar-refractivity contribution in [1.82, 2.24) is 4.90 Å². The summed E-state index contributed by atoms with van der Waals surface area (Å²) in [6.45, 7) is 3.09. The summed E-state index contributed by atoms with van der Waals surface area (Å²) in [4.78, 5) is 27.1. The van der Waals surface area contributed by atoms with Crippen molar-refractivity contribution in [3.63, 3.8) is 0 Å². The molecule has 4 N–H and O–H groups in total. The van der Waals surface area contributed by atoms with E-state index in [0.717, 1.165) is 0 Å². The van der Waals surface area contributed by atoms with Gasteiger partial charge in [-0.15, -0.1) is 0 Å². The topological polar surface area (TPSA) is 120 Å². The average molecular weight is 495 g/mol. The lowest BCUT2D eigenvalue weighted by Gasteiger charge is -2.41. The summed E-state index contributed by atoms with van der Waals surface area (Å²) >= 11 is 0. The summed E-state index contributed by atoms with van der Waals surface area (Å²) in [6, 6.07) is 9.30. The quantitative estimate of drug-likeness (QED) is 0.259. The van der Waals surface area contributed by atoms with E-state index in [1.165, 1.54) is 26.4 Å². The molecule has 186 valence electrons. The van der Waals surface area contributed by atoms with Crippen LogP contribution < -0.4 is 32.5 Å². The largest absolute Gasteiger partial charge is 1.00 e. The van der Waals surface area contributed by atoms with Crippen LogP contribution in [0.5, 0.6) is 23.0 Å². The molecule has 11 heteroatoms. The Hall–Kier alpha value is -3.21. The fourth-order valence-corrected chi connectivity index (χ4v) is 3.72. The highest BCUT2D eigenvalue weighted by Gasteiger charge is 2.32. The second-order valence-electron chi connectivity index (χ2n) is 8.36. The molecule has 2 amide bonds. The van der Waals surface area contributed by atoms with E-state index in [4.69, 9.17) is 9.47 Å². The zero-order chi connectivity index (χ0) is 24.0. The number of hydrogen-bond donors (Lipinski definition) is 4. The van der Waals surface area contributed by atoms with Crippen LogP contribution in [0.4, 0.5) is 11.4 Å². The molecule has 0 spiro atoms. The molecule has 1 aliphatic heterocycles. The fraction of sp³-hybridized carbons (Fsp3) is 0.391. The van der Waals surface area contributed by atoms with E-state index in [2.05, 4.69) is 10.6 Å². The van der Waals surface area contributed by atoms with Gasteiger partial charge in [-0.1, -0.05) is 0 Å². The van der Waals surface area contributed by atoms with Gasteiger partial charge in [-0.3, -0.25) is 14.5 Å². The second-order valence-corrected chi connectivity index (χ2v) is 8.36. The Morgan fingerprint density at radius 1 is 0.912 bits per heavy atom. The first-order valence-electron chi connectivity index (χ1n) is 10.6. The van der Waals surface area contributed by atoms with Crippen LogP contribution in [0.3, 0.4) is 0 Å². The fourth-order valence-electron chi connectivity index (χ4n) is 3.72. The number of phenolic OH excluding ortho intramolecular Hbond substituents is 2. The number of aromatic hydroxyl groups is 2. The number of hydrogen-bond acceptors (Lipinski definition) is 7. The molecule has 0 bridgehead atoms. The van der Waals surface area contributed by atoms with Crippen molar-refractivity contribution in [3.8, 4) is 23.0 Å². The smallest absolute Gasteiger partial charge is 0.279 e. The molecule has 0 aliphatic carbocycles. The maximum atomic E-state index is 12.6. The molecule has 0 radical (unpaired) electrons. The van der Waals surface area contributed by atoms with Gasteiger partial charge in [0.2, 0.25) is 5.91 Å². The number of carbonyl (C=O) groups is 2. The predicted octanol–water partition coefficient (Wildman–Crippen LogP) is -1.54. The molecule has 0 aromatic heterocycles. The first-order valence-corrected chi connectivity index (χ1v) is 10.6. The highest BCUT2D eigenvalue weighted by Crippen LogP contribution is 2.29. The van der Waals surface area contributed by atoms with Gasteiger partial charge in [-0.25, -0.2) is 0 Å². The van der Waals surface area contributed by atoms with Crippen LogP contribution >= 0.6 is 0 Å². The summed E-state index contributed by atoms with van der Waals surface area (Å²) in [6.07, 6.45) is 0. The van der Waals surface area contributed by atoms with Gasteiger partial charge < -0.3 is 47.2 Å². The number of likely N-dealkylation sites (N-methyl/N-ethyl adjacent to an activating group) is 1. The van der Waals surface area contributed by atoms with E-state index in [1.54, 1.807) is 24.3 Å². The van der Waals surface area contributed by atoms with Crippen molar-refractivity contribution in [3.05, 3.63) is 36.4 Å². The molecule has 1 saturated heterocycles. The van der Waals surface area contributed by atoms with Crippen LogP contribution in [-0.2, 0) is 9.59 Å². The number of quaternary nitrogens is 1. The third-order valence-electron chi connectivity index (χ3n) is 5.76. The Kier molecular flexibility index (Phi) is 9.36. The van der Waals surface area contributed by atoms with Gasteiger partial charge >= 0.3 is 0 Å². The minimum Gasteiger partial charge on any atom is -1.00 e. The normalized spacial score (nSPS) is 15.0. The minimum absolute atomic E-state index is 0. The highest BCUT2D eigenvalue weighted by atomic mass is 35.5. The van der Waals surface area contributed by atoms with Gasteiger partial charge in [-0.2, -0.15) is 0 Å². The number of carbonyl (C=O) groups excluding carboxylic acids is 2. The minimum atomic E-state index is -0.235. The Bertz CT molecular complexity index is 1010. The predicted molar refractivity (Wildman–Crippen MR) is 124 cm³/mol. The third-order valence-corrected chi connectivity index (χ3v) is 5.76. The second kappa shape index (κ2) is 11.8. The zero-order valence-corrected chi connectivity index (χ0v) is 20.3. The molecule has 0 atom stereocenters. The lowest BCUT2D eigenvalue weighted by molar-refractivity contribution is -0.905. The molecule has 34 heavy (non-hydrogen) atoms. The molecule has 0 saturated carbocycles. The van der Waals surface area contributed by atoms with E-state index in [-0.39, 0.29) is 48.8 Å². The van der Waals surface area contributed by atoms with Crippen molar-refractivity contribution < 1.29 is 46.2 Å². The van der Waals surface area contributed by atoms with Gasteiger partial charge in [0.15, 0.2) is 6.54 Å². The SMILES string of the molecule is COc1ccc(O)c(NC(=O)CN2CC[N+](C)(CC(=O)Nc3cc(OC)ccc3O)CC2)c1.[Cl-]. The number of methoxy groups -OCH3 is 2. The number of anilines is 2. The summed E-state index contributed by atoms with van der Waals surface area (Å²) in [7, 11) is 5.03. The monoisotopic (exact) mass is 494 g/mol. The van der Waals surface area contributed by atoms with Crippen LogP contribution in [0.1, 0.15) is 0 Å². The van der Waals surface area contributed by atoms with Crippen molar-refractivity contribution in [2.75, 3.05) is 71.2 Å². The molecule has 1 heterocycles. The van der Waals surface area contributed by atoms with Crippen molar-refractivity contribution in [2.24, 2.45) is 0 Å². The van der Waals surface area contributed by atoms with Crippen LogP contribution in [-0.4, -0.2) is 91.9 Å². The van der Waals surface area contributed by atoms with Crippen LogP contribution in [0.15, 0.2) is 36.4 Å². The van der Waals surface area contributed by atoms with Crippen LogP contribution in [0, 0.1) is 0 Å². The number of rotatable bonds is 8. The summed E-state index contributed by atoms with van der Waals surface area (Å²) in [5.41, 5.74) is 0.608. The summed E-state index contributed by atoms with van der Waals surface area (Å²) < 4.78 is 10.8. The molecular weight excluding hydrogens is 464 g/mol. The molecular formula is C23H31ClN4O6. The Morgan fingerprint density at radius 3 is 1.85 bits per heavy atom. The molecule has 3 rings (SSSR count). The molecule has 10 nitrogen and oxygen atoms in total. The number of phenols is 2. The van der Waals surface area contributed by atoms with E-state index < -0.39 is 0 Å². The molecule has 2 aromatic rings. The van der Waals surface area contributed by atoms with E-state index >= 15 is 0 Å². The third kappa shape index (κ3) is 7.14.